The molecule has 1 rings (SSSR count). The first-order valence-corrected chi connectivity index (χ1v) is 4.40. The Labute approximate surface area is 74.3 Å². The SMILES string of the molecule is CC.CC1=CC=CC(Cl)C=C1. The first kappa shape index (κ1) is 10.5. The van der Waals surface area contributed by atoms with Gasteiger partial charge >= 0.3 is 0 Å². The van der Waals surface area contributed by atoms with Crippen molar-refractivity contribution in [3.63, 3.8) is 0 Å². The summed E-state index contributed by atoms with van der Waals surface area (Å²) in [5.41, 5.74) is 1.24. The molecule has 0 aliphatic heterocycles. The van der Waals surface area contributed by atoms with Gasteiger partial charge in [-0.25, -0.2) is 0 Å². The van der Waals surface area contributed by atoms with E-state index in [0.29, 0.717) is 0 Å². The van der Waals surface area contributed by atoms with Gasteiger partial charge in [0, 0.05) is 0 Å². The molecular weight excluding hydrogens is 156 g/mol. The first-order chi connectivity index (χ1) is 5.29. The van der Waals surface area contributed by atoms with Crippen molar-refractivity contribution >= 4 is 11.6 Å². The van der Waals surface area contributed by atoms with E-state index in [1.165, 1.54) is 5.57 Å². The first-order valence-electron chi connectivity index (χ1n) is 3.96. The highest BCUT2D eigenvalue weighted by atomic mass is 35.5. The molecule has 0 heterocycles. The van der Waals surface area contributed by atoms with Gasteiger partial charge in [-0.15, -0.1) is 11.6 Å². The van der Waals surface area contributed by atoms with Crippen molar-refractivity contribution in [2.45, 2.75) is 26.1 Å². The van der Waals surface area contributed by atoms with E-state index in [2.05, 4.69) is 6.92 Å². The summed E-state index contributed by atoms with van der Waals surface area (Å²) in [6.45, 7) is 6.05. The van der Waals surface area contributed by atoms with Crippen LogP contribution in [0.1, 0.15) is 20.8 Å². The maximum atomic E-state index is 5.78. The molecule has 0 aromatic carbocycles. The molecule has 0 spiro atoms. The molecule has 62 valence electrons. The summed E-state index contributed by atoms with van der Waals surface area (Å²) in [6, 6.07) is 0. The third-order valence-electron chi connectivity index (χ3n) is 1.20. The van der Waals surface area contributed by atoms with E-state index in [9.17, 15) is 0 Å². The van der Waals surface area contributed by atoms with E-state index in [0.717, 1.165) is 0 Å². The summed E-state index contributed by atoms with van der Waals surface area (Å²) in [5, 5.41) is 0.0682. The van der Waals surface area contributed by atoms with Crippen molar-refractivity contribution in [3.05, 3.63) is 36.0 Å². The van der Waals surface area contributed by atoms with Crippen LogP contribution in [0.15, 0.2) is 36.0 Å². The van der Waals surface area contributed by atoms with Crippen LogP contribution in [0.25, 0.3) is 0 Å². The van der Waals surface area contributed by atoms with Crippen LogP contribution in [0.2, 0.25) is 0 Å². The van der Waals surface area contributed by atoms with Crippen LogP contribution in [0.4, 0.5) is 0 Å². The lowest BCUT2D eigenvalue weighted by atomic mass is 10.3. The molecule has 0 saturated heterocycles. The number of hydrogen-bond acceptors (Lipinski definition) is 0. The summed E-state index contributed by atoms with van der Waals surface area (Å²) in [4.78, 5) is 0. The quantitative estimate of drug-likeness (QED) is 0.487. The van der Waals surface area contributed by atoms with Crippen LogP contribution >= 0.6 is 11.6 Å². The van der Waals surface area contributed by atoms with Crippen LogP contribution in [0, 0.1) is 0 Å². The maximum Gasteiger partial charge on any atom is 0.0703 e. The van der Waals surface area contributed by atoms with Crippen LogP contribution in [-0.2, 0) is 0 Å². The molecular formula is C10H15Cl. The van der Waals surface area contributed by atoms with Gasteiger partial charge < -0.3 is 0 Å². The second kappa shape index (κ2) is 6.23. The summed E-state index contributed by atoms with van der Waals surface area (Å²) in [7, 11) is 0. The Balaban J connectivity index is 0.000000461. The van der Waals surface area contributed by atoms with Gasteiger partial charge in [-0.3, -0.25) is 0 Å². The molecule has 1 aliphatic carbocycles. The van der Waals surface area contributed by atoms with Crippen molar-refractivity contribution < 1.29 is 0 Å². The van der Waals surface area contributed by atoms with Crippen molar-refractivity contribution in [2.24, 2.45) is 0 Å². The van der Waals surface area contributed by atoms with Crippen LogP contribution in [-0.4, -0.2) is 5.38 Å². The normalized spacial score (nSPS) is 21.5. The van der Waals surface area contributed by atoms with E-state index in [1.54, 1.807) is 0 Å². The molecule has 0 bridgehead atoms. The Morgan fingerprint density at radius 3 is 2.55 bits per heavy atom. The van der Waals surface area contributed by atoms with Gasteiger partial charge in [0.2, 0.25) is 0 Å². The zero-order valence-corrected chi connectivity index (χ0v) is 8.10. The minimum atomic E-state index is 0.0682. The minimum Gasteiger partial charge on any atom is -0.114 e. The van der Waals surface area contributed by atoms with Crippen molar-refractivity contribution in [3.8, 4) is 0 Å². The molecule has 1 aliphatic rings. The fourth-order valence-corrected chi connectivity index (χ4v) is 0.834. The van der Waals surface area contributed by atoms with Gasteiger partial charge in [0.05, 0.1) is 5.38 Å². The molecule has 11 heavy (non-hydrogen) atoms. The molecule has 0 radical (unpaired) electrons. The Hall–Kier alpha value is -0.490. The highest BCUT2D eigenvalue weighted by molar-refractivity contribution is 6.23. The summed E-state index contributed by atoms with van der Waals surface area (Å²) < 4.78 is 0. The standard InChI is InChI=1S/C8H9Cl.C2H6/c1-7-3-2-4-8(9)6-5-7;1-2/h2-6,8H,1H3;1-2H3. The zero-order valence-electron chi connectivity index (χ0n) is 7.34. The molecule has 0 aromatic rings. The number of allylic oxidation sites excluding steroid dienone is 6. The largest absolute Gasteiger partial charge is 0.114 e. The van der Waals surface area contributed by atoms with Gasteiger partial charge in [0.1, 0.15) is 0 Å². The Morgan fingerprint density at radius 2 is 1.91 bits per heavy atom. The van der Waals surface area contributed by atoms with Crippen molar-refractivity contribution in [1.82, 2.24) is 0 Å². The number of hydrogen-bond donors (Lipinski definition) is 0. The van der Waals surface area contributed by atoms with Crippen LogP contribution in [0.3, 0.4) is 0 Å². The van der Waals surface area contributed by atoms with Crippen molar-refractivity contribution in [1.29, 1.82) is 0 Å². The van der Waals surface area contributed by atoms with E-state index in [4.69, 9.17) is 11.6 Å². The highest BCUT2D eigenvalue weighted by Crippen LogP contribution is 2.07. The topological polar surface area (TPSA) is 0 Å². The molecule has 1 atom stereocenters. The average Bonchev–Trinajstić information content (AvgIpc) is 2.20. The predicted octanol–water partition coefficient (Wildman–Crippen LogP) is 3.69. The van der Waals surface area contributed by atoms with E-state index in [1.807, 2.05) is 44.2 Å². The number of alkyl halides is 1. The lowest BCUT2D eigenvalue weighted by Crippen LogP contribution is -1.82. The van der Waals surface area contributed by atoms with Gasteiger partial charge in [-0.2, -0.15) is 0 Å². The van der Waals surface area contributed by atoms with Gasteiger partial charge in [0.25, 0.3) is 0 Å². The number of halogens is 1. The smallest absolute Gasteiger partial charge is 0.0703 e. The van der Waals surface area contributed by atoms with E-state index in [-0.39, 0.29) is 5.38 Å². The summed E-state index contributed by atoms with van der Waals surface area (Å²) in [6.07, 6.45) is 9.97. The van der Waals surface area contributed by atoms with E-state index >= 15 is 0 Å². The Morgan fingerprint density at radius 1 is 1.27 bits per heavy atom. The third-order valence-corrected chi connectivity index (χ3v) is 1.49. The molecule has 0 fully saturated rings. The van der Waals surface area contributed by atoms with Crippen LogP contribution < -0.4 is 0 Å². The molecule has 0 nitrogen and oxygen atoms in total. The van der Waals surface area contributed by atoms with Crippen molar-refractivity contribution in [2.75, 3.05) is 0 Å². The summed E-state index contributed by atoms with van der Waals surface area (Å²) in [5.74, 6) is 0. The van der Waals surface area contributed by atoms with Gasteiger partial charge in [-0.05, 0) is 6.92 Å². The monoisotopic (exact) mass is 170 g/mol. The highest BCUT2D eigenvalue weighted by Gasteiger charge is 1.93. The molecule has 0 saturated carbocycles. The molecule has 0 aromatic heterocycles. The second-order valence-corrected chi connectivity index (χ2v) is 2.60. The Kier molecular flexibility index (Phi) is 5.96. The molecule has 0 N–H and O–H groups in total. The molecule has 1 heteroatoms. The van der Waals surface area contributed by atoms with Gasteiger partial charge in [0.15, 0.2) is 0 Å². The molecule has 0 amide bonds. The minimum absolute atomic E-state index is 0.0682. The second-order valence-electron chi connectivity index (χ2n) is 2.10. The zero-order chi connectivity index (χ0) is 8.69. The predicted molar refractivity (Wildman–Crippen MR) is 53.0 cm³/mol. The average molecular weight is 171 g/mol. The third kappa shape index (κ3) is 4.86. The maximum absolute atomic E-state index is 5.78. The molecule has 1 unspecified atom stereocenters. The fraction of sp³-hybridized carbons (Fsp3) is 0.400. The van der Waals surface area contributed by atoms with E-state index < -0.39 is 0 Å². The van der Waals surface area contributed by atoms with Crippen LogP contribution in [0.5, 0.6) is 0 Å². The Bertz CT molecular complexity index is 175. The summed E-state index contributed by atoms with van der Waals surface area (Å²) >= 11 is 5.78. The lowest BCUT2D eigenvalue weighted by Gasteiger charge is -1.88. The fourth-order valence-electron chi connectivity index (χ4n) is 0.677. The van der Waals surface area contributed by atoms with Gasteiger partial charge in [-0.1, -0.05) is 49.8 Å². The number of rotatable bonds is 0. The lowest BCUT2D eigenvalue weighted by molar-refractivity contribution is 1.40.